The first-order valence-corrected chi connectivity index (χ1v) is 9.59. The molecule has 0 unspecified atom stereocenters. The van der Waals surface area contributed by atoms with Gasteiger partial charge in [-0.25, -0.2) is 13.1 Å². The van der Waals surface area contributed by atoms with E-state index in [0.29, 0.717) is 12.1 Å². The van der Waals surface area contributed by atoms with Crippen molar-refractivity contribution in [3.05, 3.63) is 60.2 Å². The average molecular weight is 361 g/mol. The van der Waals surface area contributed by atoms with Crippen LogP contribution in [0.2, 0.25) is 0 Å². The van der Waals surface area contributed by atoms with Crippen LogP contribution in [0.15, 0.2) is 54.6 Å². The van der Waals surface area contributed by atoms with Gasteiger partial charge in [0.15, 0.2) is 0 Å². The van der Waals surface area contributed by atoms with E-state index in [9.17, 15) is 13.2 Å². The average Bonchev–Trinajstić information content (AvgIpc) is 2.60. The maximum Gasteiger partial charge on any atom is 0.239 e. The molecule has 0 saturated heterocycles. The number of nitrogens with zero attached hydrogens (tertiary/aromatic N) is 1. The van der Waals surface area contributed by atoms with Gasteiger partial charge >= 0.3 is 0 Å². The van der Waals surface area contributed by atoms with E-state index in [1.165, 1.54) is 0 Å². The molecule has 0 spiro atoms. The van der Waals surface area contributed by atoms with Crippen LogP contribution in [0.1, 0.15) is 5.56 Å². The van der Waals surface area contributed by atoms with Crippen molar-refractivity contribution in [2.24, 2.45) is 0 Å². The SMILES string of the molecule is CN(C)c1ccc(NC(=O)CNS(=O)(=O)CCc2ccccc2)cc1. The standard InChI is InChI=1S/C18H23N3O3S/c1-21(2)17-10-8-16(9-11-17)20-18(22)14-19-25(23,24)13-12-15-6-4-3-5-7-15/h3-11,19H,12-14H2,1-2H3,(H,20,22). The van der Waals surface area contributed by atoms with Crippen molar-refractivity contribution in [3.63, 3.8) is 0 Å². The Labute approximate surface area is 148 Å². The Hall–Kier alpha value is -2.38. The highest BCUT2D eigenvalue weighted by molar-refractivity contribution is 7.89. The minimum atomic E-state index is -3.50. The summed E-state index contributed by atoms with van der Waals surface area (Å²) in [5.74, 6) is -0.456. The fourth-order valence-corrected chi connectivity index (χ4v) is 3.19. The Kier molecular flexibility index (Phi) is 6.55. The second-order valence-electron chi connectivity index (χ2n) is 5.87. The van der Waals surface area contributed by atoms with Gasteiger partial charge in [-0.3, -0.25) is 4.79 Å². The van der Waals surface area contributed by atoms with Crippen molar-refractivity contribution in [3.8, 4) is 0 Å². The number of nitrogens with one attached hydrogen (secondary N) is 2. The molecule has 134 valence electrons. The largest absolute Gasteiger partial charge is 0.378 e. The molecule has 0 heterocycles. The summed E-state index contributed by atoms with van der Waals surface area (Å²) < 4.78 is 26.3. The predicted octanol–water partition coefficient (Wildman–Crippen LogP) is 1.85. The van der Waals surface area contributed by atoms with Crippen molar-refractivity contribution in [2.45, 2.75) is 6.42 Å². The van der Waals surface area contributed by atoms with Gasteiger partial charge in [-0.05, 0) is 36.2 Å². The third kappa shape index (κ3) is 6.56. The van der Waals surface area contributed by atoms with Crippen LogP contribution < -0.4 is 14.9 Å². The Morgan fingerprint density at radius 3 is 2.24 bits per heavy atom. The molecule has 7 heteroatoms. The van der Waals surface area contributed by atoms with Crippen molar-refractivity contribution < 1.29 is 13.2 Å². The molecule has 1 amide bonds. The summed E-state index contributed by atoms with van der Waals surface area (Å²) >= 11 is 0. The number of hydrogen-bond donors (Lipinski definition) is 2. The summed E-state index contributed by atoms with van der Waals surface area (Å²) in [6.45, 7) is -0.285. The molecule has 25 heavy (non-hydrogen) atoms. The molecule has 2 rings (SSSR count). The zero-order valence-corrected chi connectivity index (χ0v) is 15.2. The lowest BCUT2D eigenvalue weighted by atomic mass is 10.2. The zero-order valence-electron chi connectivity index (χ0n) is 14.4. The first kappa shape index (κ1) is 19.0. The first-order valence-electron chi connectivity index (χ1n) is 7.94. The van der Waals surface area contributed by atoms with Gasteiger partial charge < -0.3 is 10.2 Å². The topological polar surface area (TPSA) is 78.5 Å². The van der Waals surface area contributed by atoms with Crippen molar-refractivity contribution >= 4 is 27.3 Å². The monoisotopic (exact) mass is 361 g/mol. The first-order chi connectivity index (χ1) is 11.9. The molecule has 2 aromatic rings. The molecule has 2 aromatic carbocycles. The van der Waals surface area contributed by atoms with Crippen LogP contribution in [0, 0.1) is 0 Å². The fraction of sp³-hybridized carbons (Fsp3) is 0.278. The van der Waals surface area contributed by atoms with Crippen LogP contribution in [-0.4, -0.2) is 40.7 Å². The lowest BCUT2D eigenvalue weighted by Crippen LogP contribution is -2.34. The van der Waals surface area contributed by atoms with Gasteiger partial charge in [-0.15, -0.1) is 0 Å². The number of sulfonamides is 1. The molecular formula is C18H23N3O3S. The molecule has 0 radical (unpaired) electrons. The fourth-order valence-electron chi connectivity index (χ4n) is 2.19. The van der Waals surface area contributed by atoms with Crippen molar-refractivity contribution in [2.75, 3.05) is 36.6 Å². The molecule has 2 N–H and O–H groups in total. The summed E-state index contributed by atoms with van der Waals surface area (Å²) in [6.07, 6.45) is 0.407. The molecule has 0 aliphatic carbocycles. The lowest BCUT2D eigenvalue weighted by molar-refractivity contribution is -0.115. The van der Waals surface area contributed by atoms with Gasteiger partial charge in [0.25, 0.3) is 0 Å². The van der Waals surface area contributed by atoms with E-state index < -0.39 is 15.9 Å². The molecule has 0 aromatic heterocycles. The number of benzene rings is 2. The Bertz CT molecular complexity index is 788. The number of carbonyl (C=O) groups excluding carboxylic acids is 1. The van der Waals surface area contributed by atoms with Crippen LogP contribution in [0.25, 0.3) is 0 Å². The van der Waals surface area contributed by atoms with E-state index in [4.69, 9.17) is 0 Å². The van der Waals surface area contributed by atoms with E-state index in [1.54, 1.807) is 12.1 Å². The van der Waals surface area contributed by atoms with Crippen molar-refractivity contribution in [1.29, 1.82) is 0 Å². The number of anilines is 2. The Morgan fingerprint density at radius 1 is 1.00 bits per heavy atom. The van der Waals surface area contributed by atoms with Gasteiger partial charge in [-0.2, -0.15) is 0 Å². The summed E-state index contributed by atoms with van der Waals surface area (Å²) in [6, 6.07) is 16.7. The van der Waals surface area contributed by atoms with Crippen LogP contribution >= 0.6 is 0 Å². The van der Waals surface area contributed by atoms with Gasteiger partial charge in [0.05, 0.1) is 12.3 Å². The summed E-state index contributed by atoms with van der Waals surface area (Å²) in [5, 5.41) is 2.67. The zero-order chi connectivity index (χ0) is 18.3. The number of carbonyl (C=O) groups is 1. The Balaban J connectivity index is 1.80. The molecule has 0 saturated carbocycles. The summed E-state index contributed by atoms with van der Waals surface area (Å²) in [5.41, 5.74) is 2.58. The maximum absolute atomic E-state index is 12.0. The number of amides is 1. The summed E-state index contributed by atoms with van der Waals surface area (Å²) in [7, 11) is 0.354. The number of rotatable bonds is 8. The minimum Gasteiger partial charge on any atom is -0.378 e. The predicted molar refractivity (Wildman–Crippen MR) is 101 cm³/mol. The van der Waals surface area contributed by atoms with Crippen LogP contribution in [0.5, 0.6) is 0 Å². The number of aryl methyl sites for hydroxylation is 1. The van der Waals surface area contributed by atoms with E-state index in [1.807, 2.05) is 61.5 Å². The normalized spacial score (nSPS) is 11.1. The third-order valence-electron chi connectivity index (χ3n) is 3.62. The van der Waals surface area contributed by atoms with Crippen molar-refractivity contribution in [1.82, 2.24) is 4.72 Å². The van der Waals surface area contributed by atoms with Gasteiger partial charge in [-0.1, -0.05) is 30.3 Å². The quantitative estimate of drug-likeness (QED) is 0.752. The molecular weight excluding hydrogens is 338 g/mol. The Morgan fingerprint density at radius 2 is 1.64 bits per heavy atom. The highest BCUT2D eigenvalue weighted by Gasteiger charge is 2.12. The number of hydrogen-bond acceptors (Lipinski definition) is 4. The maximum atomic E-state index is 12.0. The van der Waals surface area contributed by atoms with E-state index in [0.717, 1.165) is 11.3 Å². The van der Waals surface area contributed by atoms with E-state index in [-0.39, 0.29) is 12.3 Å². The van der Waals surface area contributed by atoms with Crippen LogP contribution in [-0.2, 0) is 21.2 Å². The molecule has 6 nitrogen and oxygen atoms in total. The van der Waals surface area contributed by atoms with Gasteiger partial charge in [0, 0.05) is 25.5 Å². The second-order valence-corrected chi connectivity index (χ2v) is 7.79. The molecule has 0 aliphatic heterocycles. The minimum absolute atomic E-state index is 0.0537. The molecule has 0 atom stereocenters. The highest BCUT2D eigenvalue weighted by atomic mass is 32.2. The summed E-state index contributed by atoms with van der Waals surface area (Å²) in [4.78, 5) is 13.9. The van der Waals surface area contributed by atoms with E-state index >= 15 is 0 Å². The molecule has 0 fully saturated rings. The van der Waals surface area contributed by atoms with E-state index in [2.05, 4.69) is 10.0 Å². The van der Waals surface area contributed by atoms with Crippen LogP contribution in [0.4, 0.5) is 11.4 Å². The molecule has 0 bridgehead atoms. The lowest BCUT2D eigenvalue weighted by Gasteiger charge is -2.13. The second kappa shape index (κ2) is 8.64. The smallest absolute Gasteiger partial charge is 0.239 e. The third-order valence-corrected chi connectivity index (χ3v) is 4.95. The van der Waals surface area contributed by atoms with Crippen LogP contribution in [0.3, 0.4) is 0 Å². The van der Waals surface area contributed by atoms with Gasteiger partial charge in [0.2, 0.25) is 15.9 Å². The highest BCUT2D eigenvalue weighted by Crippen LogP contribution is 2.15. The van der Waals surface area contributed by atoms with Gasteiger partial charge in [0.1, 0.15) is 0 Å². The molecule has 0 aliphatic rings.